The van der Waals surface area contributed by atoms with Crippen LogP contribution in [-0.4, -0.2) is 34.4 Å². The van der Waals surface area contributed by atoms with Crippen molar-refractivity contribution in [3.8, 4) is 0 Å². The maximum Gasteiger partial charge on any atom is 0.240 e. The van der Waals surface area contributed by atoms with Gasteiger partial charge < -0.3 is 10.2 Å². The van der Waals surface area contributed by atoms with Crippen LogP contribution in [0.4, 0.5) is 0 Å². The van der Waals surface area contributed by atoms with E-state index in [9.17, 15) is 4.79 Å². The monoisotopic (exact) mass is 251 g/mol. The second-order valence-electron chi connectivity index (χ2n) is 4.91. The van der Waals surface area contributed by atoms with Crippen LogP contribution in [-0.2, 0) is 11.3 Å². The molecule has 0 aromatic carbocycles. The van der Waals surface area contributed by atoms with Gasteiger partial charge in [0.05, 0.1) is 12.6 Å². The van der Waals surface area contributed by atoms with Gasteiger partial charge in [0.15, 0.2) is 0 Å². The zero-order valence-electron chi connectivity index (χ0n) is 9.98. The first kappa shape index (κ1) is 11.2. The van der Waals surface area contributed by atoms with Crippen molar-refractivity contribution in [2.24, 2.45) is 0 Å². The predicted molar refractivity (Wildman–Crippen MR) is 66.8 cm³/mol. The van der Waals surface area contributed by atoms with Crippen LogP contribution in [0.3, 0.4) is 0 Å². The molecule has 3 rings (SSSR count). The fourth-order valence-corrected chi connectivity index (χ4v) is 3.03. The molecule has 2 heterocycles. The van der Waals surface area contributed by atoms with Gasteiger partial charge in [-0.3, -0.25) is 4.79 Å². The third kappa shape index (κ3) is 2.50. The van der Waals surface area contributed by atoms with Gasteiger partial charge in [0.25, 0.3) is 0 Å². The molecule has 0 spiro atoms. The van der Waals surface area contributed by atoms with Gasteiger partial charge in [0.2, 0.25) is 5.91 Å². The molecule has 0 bridgehead atoms. The van der Waals surface area contributed by atoms with Crippen LogP contribution >= 0.6 is 11.3 Å². The number of hydrogen-bond donors (Lipinski definition) is 1. The Labute approximate surface area is 105 Å². The van der Waals surface area contributed by atoms with Crippen LogP contribution in [0, 0.1) is 6.92 Å². The summed E-state index contributed by atoms with van der Waals surface area (Å²) in [7, 11) is 0. The van der Waals surface area contributed by atoms with Gasteiger partial charge in [0, 0.05) is 23.7 Å². The van der Waals surface area contributed by atoms with E-state index in [1.165, 1.54) is 17.7 Å². The minimum Gasteiger partial charge on any atom is -0.335 e. The third-order valence-corrected chi connectivity index (χ3v) is 4.20. The summed E-state index contributed by atoms with van der Waals surface area (Å²) >= 11 is 1.68. The number of likely N-dealkylation sites (tertiary alicyclic amines) is 1. The highest BCUT2D eigenvalue weighted by Crippen LogP contribution is 2.23. The summed E-state index contributed by atoms with van der Waals surface area (Å²) < 4.78 is 0. The van der Waals surface area contributed by atoms with E-state index < -0.39 is 0 Å². The average molecular weight is 251 g/mol. The number of carbonyl (C=O) groups excluding carboxylic acids is 1. The number of amides is 1. The maximum absolute atomic E-state index is 12.1. The zero-order chi connectivity index (χ0) is 11.8. The topological polar surface area (TPSA) is 45.2 Å². The number of rotatable bonds is 4. The van der Waals surface area contributed by atoms with E-state index in [0.29, 0.717) is 12.6 Å². The molecule has 17 heavy (non-hydrogen) atoms. The molecule has 1 aromatic rings. The number of aromatic nitrogens is 1. The number of hydrogen-bond acceptors (Lipinski definition) is 4. The summed E-state index contributed by atoms with van der Waals surface area (Å²) in [5.74, 6) is 0.254. The molecule has 1 N–H and O–H groups in total. The van der Waals surface area contributed by atoms with Crippen LogP contribution in [0.1, 0.15) is 29.1 Å². The van der Waals surface area contributed by atoms with Gasteiger partial charge >= 0.3 is 0 Å². The Morgan fingerprint density at radius 3 is 3.00 bits per heavy atom. The smallest absolute Gasteiger partial charge is 0.240 e. The molecule has 5 heteroatoms. The van der Waals surface area contributed by atoms with E-state index in [-0.39, 0.29) is 11.9 Å². The Bertz CT molecular complexity index is 427. The second kappa shape index (κ2) is 4.38. The lowest BCUT2D eigenvalue weighted by molar-refractivity contribution is -0.129. The van der Waals surface area contributed by atoms with Gasteiger partial charge in [-0.1, -0.05) is 0 Å². The van der Waals surface area contributed by atoms with Crippen molar-refractivity contribution in [2.75, 3.05) is 6.54 Å². The van der Waals surface area contributed by atoms with Crippen LogP contribution in [0.5, 0.6) is 0 Å². The van der Waals surface area contributed by atoms with Crippen molar-refractivity contribution in [3.05, 3.63) is 16.1 Å². The first-order chi connectivity index (χ1) is 8.22. The summed E-state index contributed by atoms with van der Waals surface area (Å²) in [6.45, 7) is 3.59. The first-order valence-corrected chi connectivity index (χ1v) is 7.00. The Hall–Kier alpha value is -0.940. The minimum absolute atomic E-state index is 0.0589. The van der Waals surface area contributed by atoms with E-state index >= 15 is 0 Å². The first-order valence-electron chi connectivity index (χ1n) is 6.18. The van der Waals surface area contributed by atoms with Crippen LogP contribution in [0.15, 0.2) is 6.20 Å². The van der Waals surface area contributed by atoms with Gasteiger partial charge in [0.1, 0.15) is 5.01 Å². The fraction of sp³-hybridized carbons (Fsp3) is 0.667. The summed E-state index contributed by atoms with van der Waals surface area (Å²) in [5.41, 5.74) is 0. The van der Waals surface area contributed by atoms with Crippen LogP contribution < -0.4 is 5.32 Å². The van der Waals surface area contributed by atoms with Crippen LogP contribution in [0.25, 0.3) is 0 Å². The molecule has 1 aliphatic carbocycles. The summed E-state index contributed by atoms with van der Waals surface area (Å²) in [5, 5.41) is 4.46. The minimum atomic E-state index is 0.0589. The van der Waals surface area contributed by atoms with E-state index in [4.69, 9.17) is 0 Å². The molecular formula is C12H17N3OS. The molecule has 2 fully saturated rings. The maximum atomic E-state index is 12.1. The summed E-state index contributed by atoms with van der Waals surface area (Å²) in [6.07, 6.45) is 5.28. The number of thiazole rings is 1. The second-order valence-corrected chi connectivity index (χ2v) is 6.23. The Kier molecular flexibility index (Phi) is 2.88. The van der Waals surface area contributed by atoms with E-state index in [2.05, 4.69) is 10.3 Å². The lowest BCUT2D eigenvalue weighted by Crippen LogP contribution is -2.39. The average Bonchev–Trinajstić information content (AvgIpc) is 2.94. The van der Waals surface area contributed by atoms with Gasteiger partial charge in [-0.2, -0.15) is 0 Å². The lowest BCUT2D eigenvalue weighted by Gasteiger charge is -2.15. The van der Waals surface area contributed by atoms with Crippen molar-refractivity contribution in [2.45, 2.75) is 44.8 Å². The molecule has 1 unspecified atom stereocenters. The SMILES string of the molecule is Cc1cnc(CN2CCC(NC3CC3)C2=O)s1. The Morgan fingerprint density at radius 2 is 2.35 bits per heavy atom. The van der Waals surface area contributed by atoms with Crippen molar-refractivity contribution in [1.29, 1.82) is 0 Å². The lowest BCUT2D eigenvalue weighted by atomic mass is 10.2. The fourth-order valence-electron chi connectivity index (χ4n) is 2.22. The van der Waals surface area contributed by atoms with E-state index in [1.54, 1.807) is 11.3 Å². The Balaban J connectivity index is 1.59. The van der Waals surface area contributed by atoms with Gasteiger partial charge in [-0.05, 0) is 26.2 Å². The molecule has 2 aliphatic rings. The van der Waals surface area contributed by atoms with Crippen molar-refractivity contribution >= 4 is 17.2 Å². The predicted octanol–water partition coefficient (Wildman–Crippen LogP) is 1.30. The number of carbonyl (C=O) groups is 1. The molecular weight excluding hydrogens is 234 g/mol. The quantitative estimate of drug-likeness (QED) is 0.877. The van der Waals surface area contributed by atoms with E-state index in [1.807, 2.05) is 18.0 Å². The zero-order valence-corrected chi connectivity index (χ0v) is 10.8. The van der Waals surface area contributed by atoms with Crippen molar-refractivity contribution in [1.82, 2.24) is 15.2 Å². The molecule has 1 amide bonds. The van der Waals surface area contributed by atoms with Crippen molar-refractivity contribution in [3.63, 3.8) is 0 Å². The molecule has 1 aromatic heterocycles. The molecule has 1 aliphatic heterocycles. The summed E-state index contributed by atoms with van der Waals surface area (Å²) in [4.78, 5) is 19.6. The molecule has 1 saturated carbocycles. The van der Waals surface area contributed by atoms with Crippen LogP contribution in [0.2, 0.25) is 0 Å². The molecule has 1 saturated heterocycles. The third-order valence-electron chi connectivity index (χ3n) is 3.31. The molecule has 92 valence electrons. The highest BCUT2D eigenvalue weighted by molar-refractivity contribution is 7.11. The Morgan fingerprint density at radius 1 is 1.53 bits per heavy atom. The van der Waals surface area contributed by atoms with Crippen molar-refractivity contribution < 1.29 is 4.79 Å². The van der Waals surface area contributed by atoms with E-state index in [0.717, 1.165) is 18.0 Å². The van der Waals surface area contributed by atoms with Gasteiger partial charge in [-0.25, -0.2) is 4.98 Å². The molecule has 4 nitrogen and oxygen atoms in total. The normalized spacial score (nSPS) is 24.6. The number of nitrogens with zero attached hydrogens (tertiary/aromatic N) is 2. The largest absolute Gasteiger partial charge is 0.335 e. The highest BCUT2D eigenvalue weighted by Gasteiger charge is 2.35. The number of nitrogens with one attached hydrogen (secondary N) is 1. The standard InChI is InChI=1S/C12H17N3OS/c1-8-6-13-11(17-8)7-15-5-4-10(12(15)16)14-9-2-3-9/h6,9-10,14H,2-5,7H2,1H3. The molecule has 1 atom stereocenters. The molecule has 0 radical (unpaired) electrons. The highest BCUT2D eigenvalue weighted by atomic mass is 32.1. The summed E-state index contributed by atoms with van der Waals surface area (Å²) in [6, 6.07) is 0.662. The van der Waals surface area contributed by atoms with Gasteiger partial charge in [-0.15, -0.1) is 11.3 Å². The number of aryl methyl sites for hydroxylation is 1.